The van der Waals surface area contributed by atoms with Gasteiger partial charge in [-0.05, 0) is 31.0 Å². The number of hydrogen-bond acceptors (Lipinski definition) is 3. The van der Waals surface area contributed by atoms with Crippen molar-refractivity contribution in [2.45, 2.75) is 18.9 Å². The lowest BCUT2D eigenvalue weighted by molar-refractivity contribution is 0.0687. The molecule has 1 N–H and O–H groups in total. The van der Waals surface area contributed by atoms with Crippen molar-refractivity contribution < 1.29 is 9.90 Å². The van der Waals surface area contributed by atoms with E-state index in [2.05, 4.69) is 5.10 Å². The number of rotatable bonds is 2. The minimum absolute atomic E-state index is 0.0479. The maximum Gasteiger partial charge on any atom is 0.257 e. The van der Waals surface area contributed by atoms with Crippen LogP contribution in [-0.4, -0.2) is 38.8 Å². The third-order valence-electron chi connectivity index (χ3n) is 3.79. The van der Waals surface area contributed by atoms with Crippen molar-refractivity contribution in [2.24, 2.45) is 0 Å². The molecule has 5 heteroatoms. The highest BCUT2D eigenvalue weighted by atomic mass is 16.3. The highest BCUT2D eigenvalue weighted by Gasteiger charge is 2.25. The molecule has 0 aliphatic carbocycles. The Kier molecular flexibility index (Phi) is 3.41. The number of piperidine rings is 1. The Morgan fingerprint density at radius 2 is 1.95 bits per heavy atom. The van der Waals surface area contributed by atoms with E-state index in [9.17, 15) is 9.90 Å². The Hall–Kier alpha value is -2.30. The third kappa shape index (κ3) is 2.39. The van der Waals surface area contributed by atoms with E-state index in [1.165, 1.54) is 0 Å². The van der Waals surface area contributed by atoms with E-state index in [0.717, 1.165) is 12.8 Å². The van der Waals surface area contributed by atoms with Gasteiger partial charge in [0.15, 0.2) is 0 Å². The molecule has 0 bridgehead atoms. The highest BCUT2D eigenvalue weighted by Crippen LogP contribution is 2.24. The van der Waals surface area contributed by atoms with E-state index in [4.69, 9.17) is 0 Å². The quantitative estimate of drug-likeness (QED) is 0.909. The fraction of sp³-hybridized carbons (Fsp3) is 0.333. The molecule has 1 fully saturated rings. The second-order valence-electron chi connectivity index (χ2n) is 5.03. The van der Waals surface area contributed by atoms with E-state index < -0.39 is 0 Å². The number of para-hydroxylation sites is 1. The van der Waals surface area contributed by atoms with Crippen LogP contribution in [0.3, 0.4) is 0 Å². The molecule has 0 saturated carbocycles. The Balaban J connectivity index is 1.66. The van der Waals surface area contributed by atoms with Gasteiger partial charge in [0.05, 0.1) is 11.6 Å². The minimum Gasteiger partial charge on any atom is -0.507 e. The van der Waals surface area contributed by atoms with Gasteiger partial charge in [-0.2, -0.15) is 5.10 Å². The number of nitrogens with zero attached hydrogens (tertiary/aromatic N) is 3. The lowest BCUT2D eigenvalue weighted by Gasteiger charge is -2.32. The molecule has 1 amide bonds. The first-order chi connectivity index (χ1) is 9.75. The van der Waals surface area contributed by atoms with E-state index in [1.54, 1.807) is 35.4 Å². The van der Waals surface area contributed by atoms with E-state index in [1.807, 2.05) is 16.9 Å². The number of hydrogen-bond donors (Lipinski definition) is 1. The third-order valence-corrected chi connectivity index (χ3v) is 3.79. The first-order valence-electron chi connectivity index (χ1n) is 6.82. The molecule has 1 aromatic carbocycles. The van der Waals surface area contributed by atoms with Crippen LogP contribution in [0.2, 0.25) is 0 Å². The number of aromatic hydroxyl groups is 1. The van der Waals surface area contributed by atoms with E-state index in [0.29, 0.717) is 24.7 Å². The molecular weight excluding hydrogens is 254 g/mol. The van der Waals surface area contributed by atoms with Gasteiger partial charge in [0.25, 0.3) is 5.91 Å². The number of phenols is 1. The summed E-state index contributed by atoms with van der Waals surface area (Å²) in [5, 5.41) is 14.0. The van der Waals surface area contributed by atoms with Crippen LogP contribution in [0.1, 0.15) is 29.2 Å². The Morgan fingerprint density at radius 3 is 2.60 bits per heavy atom. The zero-order valence-electron chi connectivity index (χ0n) is 11.1. The van der Waals surface area contributed by atoms with Gasteiger partial charge in [0.1, 0.15) is 5.75 Å². The molecule has 20 heavy (non-hydrogen) atoms. The smallest absolute Gasteiger partial charge is 0.257 e. The predicted octanol–water partition coefficient (Wildman–Crippen LogP) is 2.07. The van der Waals surface area contributed by atoms with Gasteiger partial charge >= 0.3 is 0 Å². The molecule has 1 saturated heterocycles. The summed E-state index contributed by atoms with van der Waals surface area (Å²) in [5.41, 5.74) is 0.380. The van der Waals surface area contributed by atoms with Gasteiger partial charge in [0, 0.05) is 25.5 Å². The summed E-state index contributed by atoms with van der Waals surface area (Å²) in [6, 6.07) is 8.97. The average molecular weight is 271 g/mol. The van der Waals surface area contributed by atoms with Crippen LogP contribution >= 0.6 is 0 Å². The molecule has 0 atom stereocenters. The molecule has 1 aliphatic heterocycles. The van der Waals surface area contributed by atoms with Crippen molar-refractivity contribution in [3.8, 4) is 5.75 Å². The summed E-state index contributed by atoms with van der Waals surface area (Å²) in [6.07, 6.45) is 5.52. The first kappa shape index (κ1) is 12.7. The summed E-state index contributed by atoms with van der Waals surface area (Å²) in [7, 11) is 0. The maximum absolute atomic E-state index is 12.4. The number of carbonyl (C=O) groups is 1. The molecule has 2 aromatic rings. The number of aromatic nitrogens is 2. The molecule has 1 aromatic heterocycles. The van der Waals surface area contributed by atoms with Crippen molar-refractivity contribution >= 4 is 5.91 Å². The number of carbonyl (C=O) groups excluding carboxylic acids is 1. The number of benzene rings is 1. The largest absolute Gasteiger partial charge is 0.507 e. The number of likely N-dealkylation sites (tertiary alicyclic amines) is 1. The second kappa shape index (κ2) is 5.36. The van der Waals surface area contributed by atoms with Crippen LogP contribution in [0, 0.1) is 0 Å². The van der Waals surface area contributed by atoms with Crippen LogP contribution < -0.4 is 0 Å². The zero-order valence-corrected chi connectivity index (χ0v) is 11.1. The molecule has 2 heterocycles. The Bertz CT molecular complexity index is 587. The van der Waals surface area contributed by atoms with Crippen molar-refractivity contribution in [1.82, 2.24) is 14.7 Å². The summed E-state index contributed by atoms with van der Waals surface area (Å²) in [6.45, 7) is 1.38. The summed E-state index contributed by atoms with van der Waals surface area (Å²) in [5.74, 6) is -0.0475. The van der Waals surface area contributed by atoms with Gasteiger partial charge in [-0.25, -0.2) is 0 Å². The average Bonchev–Trinajstić information content (AvgIpc) is 3.01. The maximum atomic E-state index is 12.4. The lowest BCUT2D eigenvalue weighted by Crippen LogP contribution is -2.39. The molecule has 104 valence electrons. The second-order valence-corrected chi connectivity index (χ2v) is 5.03. The molecule has 3 rings (SSSR count). The fourth-order valence-electron chi connectivity index (χ4n) is 2.65. The van der Waals surface area contributed by atoms with Crippen LogP contribution in [0.25, 0.3) is 0 Å². The molecule has 5 nitrogen and oxygen atoms in total. The van der Waals surface area contributed by atoms with Crippen LogP contribution in [-0.2, 0) is 0 Å². The van der Waals surface area contributed by atoms with Gasteiger partial charge in [-0.15, -0.1) is 0 Å². The van der Waals surface area contributed by atoms with Crippen LogP contribution in [0.4, 0.5) is 0 Å². The van der Waals surface area contributed by atoms with Gasteiger partial charge in [-0.3, -0.25) is 9.48 Å². The minimum atomic E-state index is -0.0954. The van der Waals surface area contributed by atoms with Gasteiger partial charge in [0.2, 0.25) is 0 Å². The van der Waals surface area contributed by atoms with Gasteiger partial charge in [-0.1, -0.05) is 12.1 Å². The van der Waals surface area contributed by atoms with E-state index >= 15 is 0 Å². The summed E-state index contributed by atoms with van der Waals surface area (Å²) >= 11 is 0. The van der Waals surface area contributed by atoms with Crippen LogP contribution in [0.15, 0.2) is 42.7 Å². The molecule has 0 spiro atoms. The molecule has 0 radical (unpaired) electrons. The highest BCUT2D eigenvalue weighted by molar-refractivity contribution is 5.96. The topological polar surface area (TPSA) is 58.4 Å². The van der Waals surface area contributed by atoms with Crippen molar-refractivity contribution in [3.05, 3.63) is 48.3 Å². The van der Waals surface area contributed by atoms with Crippen LogP contribution in [0.5, 0.6) is 5.75 Å². The Labute approximate surface area is 117 Å². The monoisotopic (exact) mass is 271 g/mol. The van der Waals surface area contributed by atoms with Crippen molar-refractivity contribution in [2.75, 3.05) is 13.1 Å². The summed E-state index contributed by atoms with van der Waals surface area (Å²) in [4.78, 5) is 14.2. The number of phenolic OH excluding ortho intramolecular Hbond substituents is 1. The summed E-state index contributed by atoms with van der Waals surface area (Å²) < 4.78 is 1.96. The Morgan fingerprint density at radius 1 is 1.20 bits per heavy atom. The standard InChI is InChI=1S/C15H17N3O2/c19-14-5-2-1-4-13(14)15(20)17-10-6-12(7-11-17)18-9-3-8-16-18/h1-5,8-9,12,19H,6-7,10-11H2. The molecule has 0 unspecified atom stereocenters. The number of amides is 1. The molecular formula is C15H17N3O2. The van der Waals surface area contributed by atoms with E-state index in [-0.39, 0.29) is 11.7 Å². The van der Waals surface area contributed by atoms with Crippen molar-refractivity contribution in [1.29, 1.82) is 0 Å². The first-order valence-corrected chi connectivity index (χ1v) is 6.82. The molecule has 1 aliphatic rings. The van der Waals surface area contributed by atoms with Crippen molar-refractivity contribution in [3.63, 3.8) is 0 Å². The normalized spacial score (nSPS) is 16.3. The predicted molar refractivity (Wildman–Crippen MR) is 74.5 cm³/mol. The SMILES string of the molecule is O=C(c1ccccc1O)N1CCC(n2cccn2)CC1. The zero-order chi connectivity index (χ0) is 13.9. The fourth-order valence-corrected chi connectivity index (χ4v) is 2.65. The van der Waals surface area contributed by atoms with Gasteiger partial charge < -0.3 is 10.0 Å². The lowest BCUT2D eigenvalue weighted by atomic mass is 10.0.